The molecule has 1 N–H and O–H groups in total. The first kappa shape index (κ1) is 22.1. The Balaban J connectivity index is 1.66. The molecule has 1 atom stereocenters. The lowest BCUT2D eigenvalue weighted by Gasteiger charge is -2.27. The minimum Gasteiger partial charge on any atom is -0.493 e. The van der Waals surface area contributed by atoms with Crippen LogP contribution in [-0.4, -0.2) is 26.5 Å². The number of ether oxygens (including phenoxy) is 3. The first-order chi connectivity index (χ1) is 14.2. The fourth-order valence-electron chi connectivity index (χ4n) is 3.52. The van der Waals surface area contributed by atoms with Crippen LogP contribution in [0.2, 0.25) is 0 Å². The Morgan fingerprint density at radius 3 is 2.60 bits per heavy atom. The van der Waals surface area contributed by atoms with E-state index in [0.717, 1.165) is 36.0 Å². The van der Waals surface area contributed by atoms with Crippen LogP contribution in [-0.2, 0) is 13.0 Å². The average molecular weight is 431 g/mol. The lowest BCUT2D eigenvalue weighted by Crippen LogP contribution is -2.25. The molecule has 4 nitrogen and oxygen atoms in total. The Bertz CT molecular complexity index is 857. The molecule has 164 valence electrons. The Hall–Kier alpha value is -2.55. The molecule has 0 aromatic heterocycles. The first-order valence-corrected chi connectivity index (χ1v) is 9.42. The Morgan fingerprint density at radius 1 is 1.10 bits per heavy atom. The van der Waals surface area contributed by atoms with E-state index in [-0.39, 0.29) is 23.3 Å². The monoisotopic (exact) mass is 431 g/mol. The van der Waals surface area contributed by atoms with Crippen molar-refractivity contribution in [3.63, 3.8) is 0 Å². The predicted octanol–water partition coefficient (Wildman–Crippen LogP) is 5.40. The molecule has 0 bridgehead atoms. The van der Waals surface area contributed by atoms with Crippen LogP contribution in [0.15, 0.2) is 36.4 Å². The van der Waals surface area contributed by atoms with Crippen LogP contribution in [0.4, 0.5) is 22.0 Å². The second kappa shape index (κ2) is 9.51. The van der Waals surface area contributed by atoms with E-state index in [2.05, 4.69) is 10.1 Å². The van der Waals surface area contributed by atoms with Gasteiger partial charge >= 0.3 is 12.8 Å². The summed E-state index contributed by atoms with van der Waals surface area (Å²) >= 11 is 0. The van der Waals surface area contributed by atoms with E-state index in [0.29, 0.717) is 6.54 Å². The van der Waals surface area contributed by atoms with E-state index in [4.69, 9.17) is 9.47 Å². The zero-order chi connectivity index (χ0) is 21.7. The standard InChI is InChI=1S/C21H22F5NO3/c1-28-19-9-13(5-8-18(19)29-12-21(24,25)26)11-27-17-4-2-3-14-10-15(30-20(22)23)6-7-16(14)17/h5-10,17,20,27H,2-4,11-12H2,1H3. The number of benzene rings is 2. The fourth-order valence-corrected chi connectivity index (χ4v) is 3.52. The quantitative estimate of drug-likeness (QED) is 0.568. The molecule has 0 spiro atoms. The molecule has 3 rings (SSSR count). The largest absolute Gasteiger partial charge is 0.493 e. The van der Waals surface area contributed by atoms with Crippen LogP contribution in [0.3, 0.4) is 0 Å². The van der Waals surface area contributed by atoms with Gasteiger partial charge in [0.15, 0.2) is 18.1 Å². The molecule has 1 aliphatic rings. The van der Waals surface area contributed by atoms with Gasteiger partial charge in [-0.1, -0.05) is 12.1 Å². The van der Waals surface area contributed by atoms with Crippen molar-refractivity contribution in [2.24, 2.45) is 0 Å². The highest BCUT2D eigenvalue weighted by Gasteiger charge is 2.29. The van der Waals surface area contributed by atoms with Crippen LogP contribution in [0.25, 0.3) is 0 Å². The van der Waals surface area contributed by atoms with Gasteiger partial charge in [0.2, 0.25) is 0 Å². The van der Waals surface area contributed by atoms with E-state index >= 15 is 0 Å². The number of rotatable bonds is 8. The summed E-state index contributed by atoms with van der Waals surface area (Å²) in [6.45, 7) is -3.80. The van der Waals surface area contributed by atoms with Crippen LogP contribution in [0.5, 0.6) is 17.2 Å². The summed E-state index contributed by atoms with van der Waals surface area (Å²) < 4.78 is 76.4. The number of hydrogen-bond donors (Lipinski definition) is 1. The van der Waals surface area contributed by atoms with Gasteiger partial charge in [0, 0.05) is 12.6 Å². The highest BCUT2D eigenvalue weighted by Crippen LogP contribution is 2.34. The first-order valence-electron chi connectivity index (χ1n) is 9.42. The maximum absolute atomic E-state index is 12.4. The minimum atomic E-state index is -4.43. The molecule has 0 heterocycles. The number of methoxy groups -OCH3 is 1. The van der Waals surface area contributed by atoms with Crippen molar-refractivity contribution in [2.75, 3.05) is 13.7 Å². The van der Waals surface area contributed by atoms with Gasteiger partial charge in [-0.15, -0.1) is 0 Å². The summed E-state index contributed by atoms with van der Waals surface area (Å²) in [5.41, 5.74) is 2.81. The number of fused-ring (bicyclic) bond motifs is 1. The maximum atomic E-state index is 12.4. The van der Waals surface area contributed by atoms with E-state index < -0.39 is 19.4 Å². The van der Waals surface area contributed by atoms with Crippen molar-refractivity contribution in [1.82, 2.24) is 5.32 Å². The summed E-state index contributed by atoms with van der Waals surface area (Å²) in [5, 5.41) is 3.42. The normalized spacial score (nSPS) is 16.3. The summed E-state index contributed by atoms with van der Waals surface area (Å²) in [6.07, 6.45) is -1.87. The van der Waals surface area contributed by atoms with Gasteiger partial charge in [0.1, 0.15) is 5.75 Å². The van der Waals surface area contributed by atoms with Crippen molar-refractivity contribution >= 4 is 0 Å². The van der Waals surface area contributed by atoms with Gasteiger partial charge in [0.05, 0.1) is 7.11 Å². The third-order valence-corrected chi connectivity index (χ3v) is 4.83. The Labute approximate surface area is 170 Å². The highest BCUT2D eigenvalue weighted by molar-refractivity contribution is 5.43. The van der Waals surface area contributed by atoms with E-state index in [1.165, 1.54) is 19.2 Å². The molecule has 0 saturated carbocycles. The number of alkyl halides is 5. The summed E-state index contributed by atoms with van der Waals surface area (Å²) in [5.74, 6) is 0.383. The van der Waals surface area contributed by atoms with Crippen molar-refractivity contribution < 1.29 is 36.2 Å². The zero-order valence-corrected chi connectivity index (χ0v) is 16.3. The summed E-state index contributed by atoms with van der Waals surface area (Å²) in [7, 11) is 1.36. The molecule has 2 aromatic carbocycles. The van der Waals surface area contributed by atoms with Crippen molar-refractivity contribution in [1.29, 1.82) is 0 Å². The highest BCUT2D eigenvalue weighted by atomic mass is 19.4. The molecule has 2 aromatic rings. The van der Waals surface area contributed by atoms with E-state index in [1.807, 2.05) is 0 Å². The Kier molecular flexibility index (Phi) is 7.02. The molecule has 0 radical (unpaired) electrons. The Morgan fingerprint density at radius 2 is 1.90 bits per heavy atom. The topological polar surface area (TPSA) is 39.7 Å². The molecule has 0 aliphatic heterocycles. The zero-order valence-electron chi connectivity index (χ0n) is 16.3. The van der Waals surface area contributed by atoms with E-state index in [1.54, 1.807) is 24.3 Å². The lowest BCUT2D eigenvalue weighted by molar-refractivity contribution is -0.153. The van der Waals surface area contributed by atoms with Gasteiger partial charge in [-0.05, 0) is 60.2 Å². The average Bonchev–Trinajstić information content (AvgIpc) is 2.69. The van der Waals surface area contributed by atoms with E-state index in [9.17, 15) is 22.0 Å². The number of halogens is 5. The van der Waals surface area contributed by atoms with Gasteiger partial charge in [-0.3, -0.25) is 0 Å². The van der Waals surface area contributed by atoms with Crippen LogP contribution in [0, 0.1) is 0 Å². The molecule has 0 amide bonds. The molecule has 0 fully saturated rings. The van der Waals surface area contributed by atoms with Crippen molar-refractivity contribution in [3.05, 3.63) is 53.1 Å². The van der Waals surface area contributed by atoms with Crippen molar-refractivity contribution in [3.8, 4) is 17.2 Å². The molecule has 0 saturated heterocycles. The fraction of sp³-hybridized carbons (Fsp3) is 0.429. The maximum Gasteiger partial charge on any atom is 0.422 e. The predicted molar refractivity (Wildman–Crippen MR) is 100 cm³/mol. The summed E-state index contributed by atoms with van der Waals surface area (Å²) in [4.78, 5) is 0. The van der Waals surface area contributed by atoms with Gasteiger partial charge in [-0.2, -0.15) is 22.0 Å². The van der Waals surface area contributed by atoms with Gasteiger partial charge in [0.25, 0.3) is 0 Å². The number of nitrogens with one attached hydrogen (secondary N) is 1. The van der Waals surface area contributed by atoms with Gasteiger partial charge in [-0.25, -0.2) is 0 Å². The second-order valence-corrected chi connectivity index (χ2v) is 6.95. The van der Waals surface area contributed by atoms with Crippen molar-refractivity contribution in [2.45, 2.75) is 44.6 Å². The molecule has 9 heteroatoms. The SMILES string of the molecule is COc1cc(CNC2CCCc3cc(OC(F)F)ccc32)ccc1OCC(F)(F)F. The molecule has 1 aliphatic carbocycles. The summed E-state index contributed by atoms with van der Waals surface area (Å²) in [6, 6.07) is 9.74. The number of hydrogen-bond acceptors (Lipinski definition) is 4. The van der Waals surface area contributed by atoms with Crippen LogP contribution >= 0.6 is 0 Å². The third-order valence-electron chi connectivity index (χ3n) is 4.83. The van der Waals surface area contributed by atoms with Crippen LogP contribution < -0.4 is 19.5 Å². The van der Waals surface area contributed by atoms with Crippen LogP contribution in [0.1, 0.15) is 35.6 Å². The minimum absolute atomic E-state index is 0.0214. The molecular weight excluding hydrogens is 409 g/mol. The smallest absolute Gasteiger partial charge is 0.422 e. The molecular formula is C21H22F5NO3. The third kappa shape index (κ3) is 5.98. The lowest BCUT2D eigenvalue weighted by atomic mass is 9.87. The molecule has 1 unspecified atom stereocenters. The molecule has 30 heavy (non-hydrogen) atoms. The number of aryl methyl sites for hydroxylation is 1. The second-order valence-electron chi connectivity index (χ2n) is 6.95. The van der Waals surface area contributed by atoms with Gasteiger partial charge < -0.3 is 19.5 Å².